The Balaban J connectivity index is 4.01. The first-order chi connectivity index (χ1) is 4.90. The minimum absolute atomic E-state index is 0.603. The van der Waals surface area contributed by atoms with Crippen molar-refractivity contribution in [2.75, 3.05) is 13.7 Å². The molecule has 0 saturated carbocycles. The normalized spacial score (nSPS) is 20.0. The molecule has 0 radical (unpaired) electrons. The lowest BCUT2D eigenvalue weighted by Crippen LogP contribution is -2.00. The number of ether oxygens (including phenoxy) is 1. The number of carbonyl (C=O) groups is 1. The van der Waals surface area contributed by atoms with Gasteiger partial charge >= 0.3 is 5.97 Å². The minimum Gasteiger partial charge on any atom is -0.469 e. The van der Waals surface area contributed by atoms with Crippen molar-refractivity contribution in [2.24, 2.45) is 0 Å². The third-order valence-electron chi connectivity index (χ3n) is 0.565. The van der Waals surface area contributed by atoms with Gasteiger partial charge < -0.3 is 9.84 Å². The molecule has 0 aliphatic rings. The molecule has 1 unspecified atom stereocenters. The monoisotopic (exact) mass is 121 g/mol. The smallest absolute Gasteiger partial charge is 0.305 e. The van der Waals surface area contributed by atoms with Crippen LogP contribution in [0.15, 0.2) is 0 Å². The lowest BCUT2D eigenvalue weighted by Gasteiger charge is -1.93. The summed E-state index contributed by atoms with van der Waals surface area (Å²) in [7, 11) is 1.12. The van der Waals surface area contributed by atoms with Crippen LogP contribution >= 0.6 is 0 Å². The first-order valence-corrected chi connectivity index (χ1v) is 2.07. The van der Waals surface area contributed by atoms with Gasteiger partial charge in [-0.2, -0.15) is 0 Å². The molecule has 48 valence electrons. The van der Waals surface area contributed by atoms with Gasteiger partial charge in [0, 0.05) is 15.7 Å². The van der Waals surface area contributed by atoms with Crippen molar-refractivity contribution in [3.63, 3.8) is 0 Å². The van der Waals surface area contributed by atoms with E-state index >= 15 is 0 Å². The molecule has 1 atom stereocenters. The van der Waals surface area contributed by atoms with Crippen LogP contribution in [0.1, 0.15) is 16.9 Å². The van der Waals surface area contributed by atoms with Gasteiger partial charge in [0.1, 0.15) is 0 Å². The number of aliphatic hydroxyl groups is 1. The molecule has 0 fully saturated rings. The summed E-state index contributed by atoms with van der Waals surface area (Å²) < 4.78 is 24.7. The van der Waals surface area contributed by atoms with Crippen LogP contribution in [0, 0.1) is 0 Å². The van der Waals surface area contributed by atoms with Crippen LogP contribution in [-0.4, -0.2) is 24.8 Å². The molecule has 0 aromatic heterocycles. The third-order valence-corrected chi connectivity index (χ3v) is 0.565. The van der Waals surface area contributed by atoms with E-state index in [2.05, 4.69) is 4.74 Å². The Labute approximate surface area is 52.5 Å². The van der Waals surface area contributed by atoms with Gasteiger partial charge in [0.25, 0.3) is 0 Å². The average molecular weight is 121 g/mol. The van der Waals surface area contributed by atoms with Gasteiger partial charge in [0.05, 0.1) is 8.48 Å². The largest absolute Gasteiger partial charge is 0.469 e. The predicted molar refractivity (Wildman–Crippen MR) is 28.3 cm³/mol. The Hall–Kier alpha value is -0.570. The van der Waals surface area contributed by atoms with E-state index in [0.717, 1.165) is 7.11 Å². The van der Waals surface area contributed by atoms with E-state index in [1.54, 1.807) is 0 Å². The Bertz CT molecular complexity index is 146. The zero-order chi connectivity index (χ0) is 9.07. The van der Waals surface area contributed by atoms with Crippen molar-refractivity contribution >= 4 is 5.97 Å². The number of methoxy groups -OCH3 is 1. The van der Waals surface area contributed by atoms with Crippen molar-refractivity contribution in [3.05, 3.63) is 0 Å². The van der Waals surface area contributed by atoms with E-state index in [0.29, 0.717) is 0 Å². The SMILES string of the molecule is [2H]C(O)C([2H])([2H])CC(=O)OC. The lowest BCUT2D eigenvalue weighted by atomic mass is 10.3. The summed E-state index contributed by atoms with van der Waals surface area (Å²) in [5, 5.41) is 8.51. The number of hydrogen-bond donors (Lipinski definition) is 1. The van der Waals surface area contributed by atoms with Crippen LogP contribution in [0.5, 0.6) is 0 Å². The first kappa shape index (κ1) is 3.45. The van der Waals surface area contributed by atoms with Crippen LogP contribution in [0.3, 0.4) is 0 Å². The van der Waals surface area contributed by atoms with Gasteiger partial charge in [-0.1, -0.05) is 0 Å². The molecule has 0 aliphatic heterocycles. The van der Waals surface area contributed by atoms with E-state index in [9.17, 15) is 4.79 Å². The highest BCUT2D eigenvalue weighted by molar-refractivity contribution is 5.68. The van der Waals surface area contributed by atoms with E-state index in [4.69, 9.17) is 9.22 Å². The number of hydrogen-bond acceptors (Lipinski definition) is 3. The second-order valence-electron chi connectivity index (χ2n) is 1.09. The summed E-state index contributed by atoms with van der Waals surface area (Å²) in [6, 6.07) is 0. The van der Waals surface area contributed by atoms with Crippen LogP contribution in [-0.2, 0) is 9.53 Å². The first-order valence-electron chi connectivity index (χ1n) is 3.65. The maximum absolute atomic E-state index is 10.5. The molecule has 0 aliphatic carbocycles. The fraction of sp³-hybridized carbons (Fsp3) is 0.800. The fourth-order valence-corrected chi connectivity index (χ4v) is 0.201. The molecule has 0 spiro atoms. The van der Waals surface area contributed by atoms with Gasteiger partial charge in [0.15, 0.2) is 0 Å². The van der Waals surface area contributed by atoms with E-state index < -0.39 is 25.3 Å². The summed E-state index contributed by atoms with van der Waals surface area (Å²) >= 11 is 0. The molecular weight excluding hydrogens is 108 g/mol. The van der Waals surface area contributed by atoms with Crippen molar-refractivity contribution in [1.29, 1.82) is 0 Å². The number of carbonyl (C=O) groups excluding carboxylic acids is 1. The minimum atomic E-state index is -2.23. The van der Waals surface area contributed by atoms with Gasteiger partial charge in [-0.25, -0.2) is 0 Å². The Morgan fingerprint density at radius 2 is 2.62 bits per heavy atom. The van der Waals surface area contributed by atoms with Gasteiger partial charge in [-0.15, -0.1) is 0 Å². The molecule has 1 N–H and O–H groups in total. The predicted octanol–water partition coefficient (Wildman–Crippen LogP) is -0.0681. The molecule has 8 heavy (non-hydrogen) atoms. The molecule has 0 saturated heterocycles. The molecule has 0 aromatic rings. The number of esters is 1. The zero-order valence-corrected chi connectivity index (χ0v) is 4.55. The van der Waals surface area contributed by atoms with Crippen molar-refractivity contribution in [3.8, 4) is 0 Å². The lowest BCUT2D eigenvalue weighted by molar-refractivity contribution is -0.140. The standard InChI is InChI=1S/C5H10O3/c1-8-5(7)3-2-4-6/h6H,2-4H2,1H3/i2D2,4D. The third kappa shape index (κ3) is 3.61. The summed E-state index contributed by atoms with van der Waals surface area (Å²) in [5.41, 5.74) is 0. The highest BCUT2D eigenvalue weighted by Crippen LogP contribution is 1.87. The van der Waals surface area contributed by atoms with Crippen LogP contribution < -0.4 is 0 Å². The van der Waals surface area contributed by atoms with E-state index in [1.807, 2.05) is 0 Å². The van der Waals surface area contributed by atoms with Crippen molar-refractivity contribution in [1.82, 2.24) is 0 Å². The molecule has 0 rings (SSSR count). The molecule has 0 bridgehead atoms. The molecular formula is C5H10O3. The van der Waals surface area contributed by atoms with E-state index in [1.165, 1.54) is 0 Å². The summed E-state index contributed by atoms with van der Waals surface area (Å²) in [6.45, 7) is -1.92. The van der Waals surface area contributed by atoms with E-state index in [-0.39, 0.29) is 0 Å². The summed E-state index contributed by atoms with van der Waals surface area (Å²) in [4.78, 5) is 10.5. The second-order valence-corrected chi connectivity index (χ2v) is 1.09. The summed E-state index contributed by atoms with van der Waals surface area (Å²) in [5.74, 6) is -0.777. The van der Waals surface area contributed by atoms with Crippen LogP contribution in [0.2, 0.25) is 0 Å². The van der Waals surface area contributed by atoms with Gasteiger partial charge in [0.2, 0.25) is 0 Å². The molecule has 0 aromatic carbocycles. The zero-order valence-electron chi connectivity index (χ0n) is 7.55. The van der Waals surface area contributed by atoms with Crippen molar-refractivity contribution < 1.29 is 18.8 Å². The van der Waals surface area contributed by atoms with Crippen LogP contribution in [0.25, 0.3) is 0 Å². The quantitative estimate of drug-likeness (QED) is 0.532. The Morgan fingerprint density at radius 1 is 2.00 bits per heavy atom. The highest BCUT2D eigenvalue weighted by Gasteiger charge is 1.95. The maximum Gasteiger partial charge on any atom is 0.305 e. The average Bonchev–Trinajstić information content (AvgIpc) is 1.86. The number of rotatable bonds is 3. The van der Waals surface area contributed by atoms with Gasteiger partial charge in [-0.05, 0) is 6.37 Å². The Kier molecular flexibility index (Phi) is 1.98. The molecule has 3 heteroatoms. The second kappa shape index (κ2) is 4.59. The topological polar surface area (TPSA) is 46.5 Å². The van der Waals surface area contributed by atoms with Crippen LogP contribution in [0.4, 0.5) is 0 Å². The fourth-order valence-electron chi connectivity index (χ4n) is 0.201. The molecule has 3 nitrogen and oxygen atoms in total. The number of aliphatic hydroxyl groups excluding tert-OH is 1. The maximum atomic E-state index is 10.5. The summed E-state index contributed by atoms with van der Waals surface area (Å²) in [6.07, 6.45) is -2.83. The van der Waals surface area contributed by atoms with Gasteiger partial charge in [-0.3, -0.25) is 4.79 Å². The van der Waals surface area contributed by atoms with Crippen molar-refractivity contribution in [2.45, 2.75) is 12.8 Å². The molecule has 0 amide bonds. The molecule has 0 heterocycles. The Morgan fingerprint density at radius 3 is 3.00 bits per heavy atom. The highest BCUT2D eigenvalue weighted by atomic mass is 16.5.